The molecule has 2 aliphatic carbocycles. The van der Waals surface area contributed by atoms with Crippen molar-refractivity contribution in [2.24, 2.45) is 0 Å². The van der Waals surface area contributed by atoms with Crippen LogP contribution in [0.1, 0.15) is 81.9 Å². The molecule has 2 aliphatic rings. The predicted octanol–water partition coefficient (Wildman–Crippen LogP) is 9.77. The molecule has 0 aromatic carbocycles. The van der Waals surface area contributed by atoms with Crippen molar-refractivity contribution in [2.45, 2.75) is 52.4 Å². The third-order valence-electron chi connectivity index (χ3n) is 6.22. The molecule has 0 atom stereocenters. The maximum atomic E-state index is 2.49. The summed E-state index contributed by atoms with van der Waals surface area (Å²) in [6.45, 7) is 14.0. The Hall–Kier alpha value is -1.72. The van der Waals surface area contributed by atoms with Gasteiger partial charge in [-0.25, -0.2) is 0 Å². The van der Waals surface area contributed by atoms with E-state index in [1.54, 1.807) is 0 Å². The second-order valence-corrected chi connectivity index (χ2v) is 14.7. The van der Waals surface area contributed by atoms with E-state index in [0.717, 1.165) is 0 Å². The van der Waals surface area contributed by atoms with Crippen LogP contribution >= 0.6 is 45.3 Å². The molecule has 4 heteroatoms. The lowest BCUT2D eigenvalue weighted by molar-refractivity contribution is 0.603. The van der Waals surface area contributed by atoms with Crippen LogP contribution in [0.4, 0.5) is 0 Å². The van der Waals surface area contributed by atoms with Gasteiger partial charge in [-0.1, -0.05) is 53.7 Å². The lowest BCUT2D eigenvalue weighted by Crippen LogP contribution is -2.08. The zero-order valence-electron chi connectivity index (χ0n) is 19.3. The first-order chi connectivity index (χ1) is 15.1. The minimum Gasteiger partial charge on any atom is -0.144 e. The van der Waals surface area contributed by atoms with Gasteiger partial charge in [-0.3, -0.25) is 0 Å². The van der Waals surface area contributed by atoms with Crippen molar-refractivity contribution in [1.29, 1.82) is 0 Å². The van der Waals surface area contributed by atoms with Gasteiger partial charge in [0.1, 0.15) is 0 Å². The van der Waals surface area contributed by atoms with Crippen LogP contribution in [-0.4, -0.2) is 0 Å². The van der Waals surface area contributed by atoms with Gasteiger partial charge in [-0.15, -0.1) is 45.3 Å². The van der Waals surface area contributed by atoms with Crippen molar-refractivity contribution in [3.8, 4) is 0 Å². The molecule has 0 aliphatic heterocycles. The first kappa shape index (κ1) is 20.9. The van der Waals surface area contributed by atoms with Gasteiger partial charge in [-0.2, -0.15) is 0 Å². The fraction of sp³-hybridized carbons (Fsp3) is 0.286. The maximum absolute atomic E-state index is 2.49. The molecule has 4 aromatic rings. The van der Waals surface area contributed by atoms with E-state index in [9.17, 15) is 0 Å². The molecule has 6 rings (SSSR count). The zero-order chi connectivity index (χ0) is 22.4. The van der Waals surface area contributed by atoms with E-state index in [1.807, 2.05) is 45.3 Å². The molecule has 0 saturated heterocycles. The molecule has 0 radical (unpaired) electrons. The summed E-state index contributed by atoms with van der Waals surface area (Å²) in [6.07, 6.45) is 0. The van der Waals surface area contributed by atoms with E-state index in [1.165, 1.54) is 62.7 Å². The Morgan fingerprint density at radius 3 is 1.28 bits per heavy atom. The van der Waals surface area contributed by atoms with E-state index in [2.05, 4.69) is 88.7 Å². The van der Waals surface area contributed by atoms with E-state index in [0.29, 0.717) is 0 Å². The summed E-state index contributed by atoms with van der Waals surface area (Å²) >= 11 is 7.73. The Kier molecular flexibility index (Phi) is 4.49. The highest BCUT2D eigenvalue weighted by atomic mass is 32.1. The molecule has 0 amide bonds. The second kappa shape index (κ2) is 6.89. The Balaban J connectivity index is 1.73. The summed E-state index contributed by atoms with van der Waals surface area (Å²) in [6, 6.07) is 14.0. The van der Waals surface area contributed by atoms with Crippen LogP contribution in [0.3, 0.4) is 0 Å². The predicted molar refractivity (Wildman–Crippen MR) is 147 cm³/mol. The number of thiophene rings is 4. The van der Waals surface area contributed by atoms with Gasteiger partial charge in [0.2, 0.25) is 0 Å². The summed E-state index contributed by atoms with van der Waals surface area (Å²) in [5, 5.41) is 4.43. The maximum Gasteiger partial charge on any atom is 0.0445 e. The topological polar surface area (TPSA) is 0 Å². The first-order valence-corrected chi connectivity index (χ1v) is 14.4. The molecular weight excluding hydrogens is 465 g/mol. The molecule has 0 spiro atoms. The molecule has 0 N–H and O–H groups in total. The molecule has 0 bridgehead atoms. The monoisotopic (exact) mass is 490 g/mol. The standard InChI is InChI=1S/C28H26S4/c1-27(2,3)19-13-15-21-22(23(25(15)31-19)17-9-7-11-29-17)16-14-20(28(4,5)6)32-26(16)24(21)18-10-8-12-30-18/h7-14H,1-6H3. The quantitative estimate of drug-likeness (QED) is 0.262. The van der Waals surface area contributed by atoms with Crippen molar-refractivity contribution >= 4 is 67.6 Å². The number of hydrogen-bond acceptors (Lipinski definition) is 4. The lowest BCUT2D eigenvalue weighted by Gasteiger charge is -2.17. The smallest absolute Gasteiger partial charge is 0.0445 e. The van der Waals surface area contributed by atoms with E-state index >= 15 is 0 Å². The number of allylic oxidation sites excluding steroid dienone is 2. The summed E-state index contributed by atoms with van der Waals surface area (Å²) in [5.74, 6) is 0. The molecule has 4 aromatic heterocycles. The molecule has 4 heterocycles. The van der Waals surface area contributed by atoms with Crippen LogP contribution in [0.15, 0.2) is 47.2 Å². The average molecular weight is 491 g/mol. The Morgan fingerprint density at radius 2 is 0.969 bits per heavy atom. The largest absolute Gasteiger partial charge is 0.144 e. The minimum atomic E-state index is 0.155. The zero-order valence-corrected chi connectivity index (χ0v) is 22.5. The molecular formula is C28H26S4. The third kappa shape index (κ3) is 2.96. The fourth-order valence-corrected chi connectivity index (χ4v) is 8.86. The highest BCUT2D eigenvalue weighted by Gasteiger charge is 2.42. The Bertz CT molecular complexity index is 1290. The summed E-state index contributed by atoms with van der Waals surface area (Å²) in [7, 11) is 0. The molecule has 0 fully saturated rings. The second-order valence-electron chi connectivity index (χ2n) is 10.7. The van der Waals surface area contributed by atoms with Crippen molar-refractivity contribution < 1.29 is 0 Å². The number of hydrogen-bond donors (Lipinski definition) is 0. The van der Waals surface area contributed by atoms with Crippen LogP contribution in [0.2, 0.25) is 0 Å². The van der Waals surface area contributed by atoms with E-state index in [-0.39, 0.29) is 10.8 Å². The summed E-state index contributed by atoms with van der Waals surface area (Å²) in [5.41, 5.74) is 9.06. The van der Waals surface area contributed by atoms with Crippen molar-refractivity contribution in [3.05, 3.63) is 87.5 Å². The van der Waals surface area contributed by atoms with Crippen LogP contribution in [0.25, 0.3) is 22.3 Å². The van der Waals surface area contributed by atoms with Gasteiger partial charge in [0.05, 0.1) is 0 Å². The lowest BCUT2D eigenvalue weighted by atomic mass is 9.92. The molecule has 0 unspecified atom stereocenters. The van der Waals surface area contributed by atoms with Gasteiger partial charge in [-0.05, 0) is 45.9 Å². The van der Waals surface area contributed by atoms with Gasteiger partial charge in [0, 0.05) is 62.7 Å². The van der Waals surface area contributed by atoms with Gasteiger partial charge in [0.15, 0.2) is 0 Å². The molecule has 32 heavy (non-hydrogen) atoms. The molecule has 0 saturated carbocycles. The van der Waals surface area contributed by atoms with Crippen LogP contribution in [0.5, 0.6) is 0 Å². The molecule has 0 nitrogen and oxygen atoms in total. The van der Waals surface area contributed by atoms with Gasteiger partial charge >= 0.3 is 0 Å². The Labute approximate surface area is 206 Å². The van der Waals surface area contributed by atoms with Crippen LogP contribution in [-0.2, 0) is 10.8 Å². The average Bonchev–Trinajstić information content (AvgIpc) is 3.48. The highest BCUT2D eigenvalue weighted by molar-refractivity contribution is 7.17. The van der Waals surface area contributed by atoms with E-state index < -0.39 is 0 Å². The van der Waals surface area contributed by atoms with Crippen molar-refractivity contribution in [1.82, 2.24) is 0 Å². The number of fused-ring (bicyclic) bond motifs is 5. The minimum absolute atomic E-state index is 0.155. The van der Waals surface area contributed by atoms with Crippen LogP contribution in [0, 0.1) is 0 Å². The summed E-state index contributed by atoms with van der Waals surface area (Å²) in [4.78, 5) is 8.65. The number of rotatable bonds is 2. The summed E-state index contributed by atoms with van der Waals surface area (Å²) < 4.78 is 0. The first-order valence-electron chi connectivity index (χ1n) is 11.0. The van der Waals surface area contributed by atoms with E-state index in [4.69, 9.17) is 0 Å². The fourth-order valence-electron chi connectivity index (χ4n) is 4.59. The highest BCUT2D eigenvalue weighted by Crippen LogP contribution is 2.63. The Morgan fingerprint density at radius 1 is 0.562 bits per heavy atom. The van der Waals surface area contributed by atoms with Crippen LogP contribution < -0.4 is 0 Å². The third-order valence-corrected chi connectivity index (χ3v) is 11.2. The SMILES string of the molecule is CC(C)(C)c1cc2c(s1)C(c1cccs1)=C1C2=C(c2cccs2)c2sc(C(C)(C)C)cc21. The molecule has 162 valence electrons. The van der Waals surface area contributed by atoms with Gasteiger partial charge in [0.25, 0.3) is 0 Å². The van der Waals surface area contributed by atoms with Crippen molar-refractivity contribution in [2.75, 3.05) is 0 Å². The van der Waals surface area contributed by atoms with Gasteiger partial charge < -0.3 is 0 Å². The normalized spacial score (nSPS) is 15.6. The van der Waals surface area contributed by atoms with Crippen molar-refractivity contribution in [3.63, 3.8) is 0 Å².